The van der Waals surface area contributed by atoms with Crippen molar-refractivity contribution in [2.75, 3.05) is 7.11 Å². The van der Waals surface area contributed by atoms with Crippen LogP contribution in [0.1, 0.15) is 16.1 Å². The molecule has 7 heteroatoms. The third-order valence-electron chi connectivity index (χ3n) is 4.28. The molecule has 0 radical (unpaired) electrons. The number of thiazole rings is 1. The van der Waals surface area contributed by atoms with Crippen LogP contribution in [0.25, 0.3) is 21.8 Å². The van der Waals surface area contributed by atoms with Gasteiger partial charge < -0.3 is 10.1 Å². The Morgan fingerprint density at radius 3 is 2.71 bits per heavy atom. The first-order chi connectivity index (χ1) is 13.7. The fraction of sp³-hybridized carbons (Fsp3) is 0.0952. The molecule has 0 aliphatic carbocycles. The highest BCUT2D eigenvalue weighted by atomic mass is 32.1. The quantitative estimate of drug-likeness (QED) is 0.519. The smallest absolute Gasteiger partial charge is 0.252 e. The maximum Gasteiger partial charge on any atom is 0.252 e. The number of aromatic nitrogens is 3. The van der Waals surface area contributed by atoms with Crippen LogP contribution >= 0.6 is 11.3 Å². The summed E-state index contributed by atoms with van der Waals surface area (Å²) in [5.74, 6) is 0.660. The number of methoxy groups -OCH3 is 1. The van der Waals surface area contributed by atoms with Gasteiger partial charge in [0.2, 0.25) is 0 Å². The van der Waals surface area contributed by atoms with E-state index in [9.17, 15) is 4.79 Å². The van der Waals surface area contributed by atoms with Crippen LogP contribution in [0, 0.1) is 0 Å². The van der Waals surface area contributed by atoms with Gasteiger partial charge in [-0.25, -0.2) is 4.98 Å². The summed E-state index contributed by atoms with van der Waals surface area (Å²) in [4.78, 5) is 17.3. The summed E-state index contributed by atoms with van der Waals surface area (Å²) in [7, 11) is 1.64. The van der Waals surface area contributed by atoms with Crippen molar-refractivity contribution in [2.45, 2.75) is 6.54 Å². The first kappa shape index (κ1) is 17.9. The van der Waals surface area contributed by atoms with Gasteiger partial charge in [-0.2, -0.15) is 5.10 Å². The lowest BCUT2D eigenvalue weighted by molar-refractivity contribution is 0.0951. The van der Waals surface area contributed by atoms with Gasteiger partial charge in [0.25, 0.3) is 5.91 Å². The Bertz CT molecular complexity index is 1070. The number of aromatic amines is 1. The van der Waals surface area contributed by atoms with Crippen molar-refractivity contribution >= 4 is 17.2 Å². The van der Waals surface area contributed by atoms with Gasteiger partial charge in [0.05, 0.1) is 25.0 Å². The Morgan fingerprint density at radius 2 is 1.96 bits per heavy atom. The minimum atomic E-state index is -0.149. The fourth-order valence-electron chi connectivity index (χ4n) is 2.84. The highest BCUT2D eigenvalue weighted by molar-refractivity contribution is 7.13. The molecule has 4 rings (SSSR count). The van der Waals surface area contributed by atoms with E-state index in [1.165, 1.54) is 0 Å². The Morgan fingerprint density at radius 1 is 1.14 bits per heavy atom. The average molecular weight is 390 g/mol. The number of hydrogen-bond donors (Lipinski definition) is 2. The van der Waals surface area contributed by atoms with E-state index in [0.717, 1.165) is 33.3 Å². The summed E-state index contributed by atoms with van der Waals surface area (Å²) < 4.78 is 5.18. The van der Waals surface area contributed by atoms with E-state index in [0.29, 0.717) is 12.1 Å². The maximum atomic E-state index is 12.7. The first-order valence-corrected chi connectivity index (χ1v) is 9.58. The number of H-pyrrole nitrogens is 1. The molecular formula is C21H18N4O2S. The van der Waals surface area contributed by atoms with Crippen molar-refractivity contribution in [3.05, 3.63) is 77.4 Å². The molecule has 0 fully saturated rings. The van der Waals surface area contributed by atoms with Gasteiger partial charge in [-0.1, -0.05) is 18.2 Å². The van der Waals surface area contributed by atoms with E-state index in [-0.39, 0.29) is 5.91 Å². The molecule has 4 aromatic rings. The molecule has 140 valence electrons. The molecular weight excluding hydrogens is 372 g/mol. The molecule has 0 spiro atoms. The van der Waals surface area contributed by atoms with Crippen LogP contribution in [0.2, 0.25) is 0 Å². The van der Waals surface area contributed by atoms with E-state index >= 15 is 0 Å². The maximum absolute atomic E-state index is 12.7. The second kappa shape index (κ2) is 8.06. The number of rotatable bonds is 6. The highest BCUT2D eigenvalue weighted by Crippen LogP contribution is 2.26. The zero-order chi connectivity index (χ0) is 19.3. The molecule has 0 unspecified atom stereocenters. The first-order valence-electron chi connectivity index (χ1n) is 8.70. The molecule has 6 nitrogen and oxygen atoms in total. The van der Waals surface area contributed by atoms with E-state index in [1.807, 2.05) is 53.9 Å². The minimum Gasteiger partial charge on any atom is -0.497 e. The second-order valence-corrected chi connectivity index (χ2v) is 6.93. The van der Waals surface area contributed by atoms with E-state index in [2.05, 4.69) is 20.5 Å². The van der Waals surface area contributed by atoms with Gasteiger partial charge in [0, 0.05) is 28.3 Å². The lowest BCUT2D eigenvalue weighted by Crippen LogP contribution is -2.23. The molecule has 0 saturated heterocycles. The molecule has 2 heterocycles. The predicted molar refractivity (Wildman–Crippen MR) is 109 cm³/mol. The molecule has 2 aromatic carbocycles. The second-order valence-electron chi connectivity index (χ2n) is 6.07. The predicted octanol–water partition coefficient (Wildman–Crippen LogP) is 4.14. The summed E-state index contributed by atoms with van der Waals surface area (Å²) in [6.07, 6.45) is 1.67. The molecule has 2 aromatic heterocycles. The molecule has 28 heavy (non-hydrogen) atoms. The van der Waals surface area contributed by atoms with E-state index < -0.39 is 0 Å². The largest absolute Gasteiger partial charge is 0.497 e. The molecule has 0 bridgehead atoms. The van der Waals surface area contributed by atoms with Gasteiger partial charge in [-0.05, 0) is 36.4 Å². The molecule has 0 atom stereocenters. The molecule has 0 saturated carbocycles. The zero-order valence-corrected chi connectivity index (χ0v) is 16.0. The standard InChI is InChI=1S/C21H18N4O2S/c1-27-16-8-6-14(7-9-16)21-24-15(13-28-21)12-22-20(26)18-5-3-2-4-17(18)19-10-11-23-25-19/h2-11,13H,12H2,1H3,(H,22,26)(H,23,25). The summed E-state index contributed by atoms with van der Waals surface area (Å²) in [5.41, 5.74) is 4.06. The van der Waals surface area contributed by atoms with Crippen LogP contribution < -0.4 is 10.1 Å². The third kappa shape index (κ3) is 3.79. The van der Waals surface area contributed by atoms with Crippen molar-refractivity contribution in [3.63, 3.8) is 0 Å². The number of ether oxygens (including phenoxy) is 1. The number of amides is 1. The minimum absolute atomic E-state index is 0.149. The monoisotopic (exact) mass is 390 g/mol. The van der Waals surface area contributed by atoms with Crippen LogP contribution in [0.15, 0.2) is 66.2 Å². The van der Waals surface area contributed by atoms with Crippen molar-refractivity contribution in [3.8, 4) is 27.6 Å². The van der Waals surface area contributed by atoms with E-state index in [1.54, 1.807) is 30.7 Å². The number of hydrogen-bond acceptors (Lipinski definition) is 5. The third-order valence-corrected chi connectivity index (χ3v) is 5.22. The van der Waals surface area contributed by atoms with Gasteiger partial charge in [-0.3, -0.25) is 9.89 Å². The lowest BCUT2D eigenvalue weighted by Gasteiger charge is -2.08. The van der Waals surface area contributed by atoms with Crippen LogP contribution in [0.4, 0.5) is 0 Å². The average Bonchev–Trinajstić information content (AvgIpc) is 3.44. The summed E-state index contributed by atoms with van der Waals surface area (Å²) in [6.45, 7) is 0.364. The van der Waals surface area contributed by atoms with Crippen molar-refractivity contribution in [1.29, 1.82) is 0 Å². The van der Waals surface area contributed by atoms with Gasteiger partial charge in [0.1, 0.15) is 10.8 Å². The SMILES string of the molecule is COc1ccc(-c2nc(CNC(=O)c3ccccc3-c3ccn[nH]3)cs2)cc1. The van der Waals surface area contributed by atoms with Crippen LogP contribution in [-0.4, -0.2) is 28.2 Å². The van der Waals surface area contributed by atoms with Gasteiger partial charge in [-0.15, -0.1) is 11.3 Å². The van der Waals surface area contributed by atoms with Crippen LogP contribution in [0.5, 0.6) is 5.75 Å². The summed E-state index contributed by atoms with van der Waals surface area (Å²) >= 11 is 1.55. The Balaban J connectivity index is 1.45. The van der Waals surface area contributed by atoms with Crippen LogP contribution in [0.3, 0.4) is 0 Å². The Kier molecular flexibility index (Phi) is 5.16. The topological polar surface area (TPSA) is 79.9 Å². The number of nitrogens with one attached hydrogen (secondary N) is 2. The number of benzene rings is 2. The van der Waals surface area contributed by atoms with Crippen LogP contribution in [-0.2, 0) is 6.54 Å². The Hall–Kier alpha value is -3.45. The molecule has 1 amide bonds. The fourth-order valence-corrected chi connectivity index (χ4v) is 3.67. The van der Waals surface area contributed by atoms with Crippen molar-refractivity contribution in [1.82, 2.24) is 20.5 Å². The summed E-state index contributed by atoms with van der Waals surface area (Å²) in [5, 5.41) is 12.7. The van der Waals surface area contributed by atoms with E-state index in [4.69, 9.17) is 4.74 Å². The summed E-state index contributed by atoms with van der Waals surface area (Å²) in [6, 6.07) is 17.0. The zero-order valence-electron chi connectivity index (χ0n) is 15.2. The number of carbonyl (C=O) groups is 1. The van der Waals surface area contributed by atoms with Gasteiger partial charge >= 0.3 is 0 Å². The number of carbonyl (C=O) groups excluding carboxylic acids is 1. The number of nitrogens with zero attached hydrogens (tertiary/aromatic N) is 2. The lowest BCUT2D eigenvalue weighted by atomic mass is 10.0. The van der Waals surface area contributed by atoms with Gasteiger partial charge in [0.15, 0.2) is 0 Å². The van der Waals surface area contributed by atoms with Crippen molar-refractivity contribution < 1.29 is 9.53 Å². The Labute approximate surface area is 166 Å². The van der Waals surface area contributed by atoms with Crippen molar-refractivity contribution in [2.24, 2.45) is 0 Å². The normalized spacial score (nSPS) is 10.6. The molecule has 0 aliphatic heterocycles. The molecule has 0 aliphatic rings. The highest BCUT2D eigenvalue weighted by Gasteiger charge is 2.14. The molecule has 2 N–H and O–H groups in total.